The highest BCUT2D eigenvalue weighted by Gasteiger charge is 2.53. The predicted octanol–water partition coefficient (Wildman–Crippen LogP) is 1.33. The molecule has 1 heterocycles. The van der Waals surface area contributed by atoms with Gasteiger partial charge in [-0.3, -0.25) is 4.68 Å². The maximum Gasteiger partial charge on any atom is 0.331 e. The van der Waals surface area contributed by atoms with Crippen molar-refractivity contribution in [2.75, 3.05) is 0 Å². The van der Waals surface area contributed by atoms with Crippen LogP contribution in [0.5, 0.6) is 0 Å². The van der Waals surface area contributed by atoms with Gasteiger partial charge in [0.15, 0.2) is 5.54 Å². The Bertz CT molecular complexity index is 389. The minimum absolute atomic E-state index is 0.647. The number of nitrogens with zero attached hydrogens (tertiary/aromatic N) is 2. The van der Waals surface area contributed by atoms with Crippen LogP contribution in [0.3, 0.4) is 0 Å². The first-order chi connectivity index (χ1) is 6.72. The lowest BCUT2D eigenvalue weighted by molar-refractivity contribution is -0.142. The van der Waals surface area contributed by atoms with E-state index < -0.39 is 11.5 Å². The van der Waals surface area contributed by atoms with Gasteiger partial charge >= 0.3 is 5.97 Å². The van der Waals surface area contributed by atoms with E-state index in [2.05, 4.69) is 5.10 Å². The normalized spacial score (nSPS) is 23.4. The predicted molar refractivity (Wildman–Crippen MR) is 49.0 cm³/mol. The standard InChI is InChI=1S/C10H12N2O2/c13-9(14)10(3-4-10)12-6-8(5-11-12)7-1-2-7/h5-7H,1-4H2,(H,13,14). The molecule has 0 radical (unpaired) electrons. The molecule has 0 amide bonds. The SMILES string of the molecule is O=C(O)C1(n2cc(C3CC3)cn2)CC1. The third-order valence-corrected chi connectivity index (χ3v) is 3.21. The van der Waals surface area contributed by atoms with Crippen molar-refractivity contribution >= 4 is 5.97 Å². The minimum Gasteiger partial charge on any atom is -0.479 e. The summed E-state index contributed by atoms with van der Waals surface area (Å²) in [6.07, 6.45) is 7.62. The quantitative estimate of drug-likeness (QED) is 0.786. The first kappa shape index (κ1) is 8.03. The smallest absolute Gasteiger partial charge is 0.331 e. The Morgan fingerprint density at radius 3 is 2.79 bits per heavy atom. The molecule has 0 aliphatic heterocycles. The van der Waals surface area contributed by atoms with Crippen molar-refractivity contribution in [3.8, 4) is 0 Å². The van der Waals surface area contributed by atoms with Crippen molar-refractivity contribution in [1.29, 1.82) is 0 Å². The summed E-state index contributed by atoms with van der Waals surface area (Å²) in [6, 6.07) is 0. The van der Waals surface area contributed by atoms with Gasteiger partial charge in [-0.2, -0.15) is 5.10 Å². The molecular weight excluding hydrogens is 180 g/mol. The highest BCUT2D eigenvalue weighted by atomic mass is 16.4. The Hall–Kier alpha value is -1.32. The Balaban J connectivity index is 1.92. The number of carboxylic acids is 1. The fraction of sp³-hybridized carbons (Fsp3) is 0.600. The van der Waals surface area contributed by atoms with E-state index in [4.69, 9.17) is 5.11 Å². The first-order valence-corrected chi connectivity index (χ1v) is 5.01. The minimum atomic E-state index is -0.747. The van der Waals surface area contributed by atoms with Gasteiger partial charge in [-0.05, 0) is 37.2 Å². The van der Waals surface area contributed by atoms with Crippen LogP contribution in [0.4, 0.5) is 0 Å². The molecule has 1 aromatic heterocycles. The molecule has 4 heteroatoms. The van der Waals surface area contributed by atoms with E-state index in [9.17, 15) is 4.79 Å². The molecule has 0 atom stereocenters. The zero-order chi connectivity index (χ0) is 9.76. The Morgan fingerprint density at radius 2 is 2.29 bits per heavy atom. The molecule has 0 spiro atoms. The van der Waals surface area contributed by atoms with Crippen LogP contribution in [0.25, 0.3) is 0 Å². The number of hydrogen-bond acceptors (Lipinski definition) is 2. The van der Waals surface area contributed by atoms with Gasteiger partial charge in [-0.1, -0.05) is 0 Å². The third kappa shape index (κ3) is 0.997. The molecule has 0 unspecified atom stereocenters. The third-order valence-electron chi connectivity index (χ3n) is 3.21. The van der Waals surface area contributed by atoms with Gasteiger partial charge < -0.3 is 5.11 Å². The van der Waals surface area contributed by atoms with E-state index in [-0.39, 0.29) is 0 Å². The lowest BCUT2D eigenvalue weighted by atomic mass is 10.2. The van der Waals surface area contributed by atoms with Gasteiger partial charge in [0.25, 0.3) is 0 Å². The molecule has 0 bridgehead atoms. The summed E-state index contributed by atoms with van der Waals surface area (Å²) in [5.41, 5.74) is 0.505. The summed E-state index contributed by atoms with van der Waals surface area (Å²) in [5, 5.41) is 13.2. The molecule has 2 fully saturated rings. The molecule has 1 aromatic rings. The summed E-state index contributed by atoms with van der Waals surface area (Å²) in [4.78, 5) is 11.0. The van der Waals surface area contributed by atoms with E-state index in [1.807, 2.05) is 12.4 Å². The summed E-state index contributed by atoms with van der Waals surface area (Å²) in [5.74, 6) is -0.101. The van der Waals surface area contributed by atoms with Crippen LogP contribution in [-0.2, 0) is 10.3 Å². The molecule has 0 aromatic carbocycles. The Labute approximate surface area is 81.5 Å². The molecule has 1 N–H and O–H groups in total. The highest BCUT2D eigenvalue weighted by molar-refractivity contribution is 5.79. The summed E-state index contributed by atoms with van der Waals surface area (Å²) in [7, 11) is 0. The van der Waals surface area contributed by atoms with Crippen LogP contribution in [0.2, 0.25) is 0 Å². The van der Waals surface area contributed by atoms with E-state index in [0.29, 0.717) is 18.8 Å². The van der Waals surface area contributed by atoms with Crippen LogP contribution in [0.15, 0.2) is 12.4 Å². The molecular formula is C10H12N2O2. The molecule has 3 rings (SSSR count). The maximum atomic E-state index is 11.0. The van der Waals surface area contributed by atoms with Crippen molar-refractivity contribution in [3.05, 3.63) is 18.0 Å². The summed E-state index contributed by atoms with van der Waals surface area (Å²) < 4.78 is 1.64. The number of hydrogen-bond donors (Lipinski definition) is 1. The Morgan fingerprint density at radius 1 is 1.57 bits per heavy atom. The van der Waals surface area contributed by atoms with Gasteiger partial charge in [0, 0.05) is 6.20 Å². The zero-order valence-corrected chi connectivity index (χ0v) is 7.81. The van der Waals surface area contributed by atoms with E-state index in [0.717, 1.165) is 0 Å². The molecule has 2 saturated carbocycles. The van der Waals surface area contributed by atoms with E-state index in [1.54, 1.807) is 4.68 Å². The second-order valence-corrected chi connectivity index (χ2v) is 4.33. The average molecular weight is 192 g/mol. The summed E-state index contributed by atoms with van der Waals surface area (Å²) in [6.45, 7) is 0. The number of carbonyl (C=O) groups is 1. The monoisotopic (exact) mass is 192 g/mol. The second-order valence-electron chi connectivity index (χ2n) is 4.33. The van der Waals surface area contributed by atoms with Crippen LogP contribution in [-0.4, -0.2) is 20.9 Å². The van der Waals surface area contributed by atoms with Crippen LogP contribution >= 0.6 is 0 Å². The second kappa shape index (κ2) is 2.38. The molecule has 4 nitrogen and oxygen atoms in total. The first-order valence-electron chi connectivity index (χ1n) is 5.01. The van der Waals surface area contributed by atoms with Crippen LogP contribution in [0, 0.1) is 0 Å². The number of aromatic nitrogens is 2. The van der Waals surface area contributed by atoms with Crippen LogP contribution < -0.4 is 0 Å². The number of aliphatic carboxylic acids is 1. The van der Waals surface area contributed by atoms with Crippen molar-refractivity contribution in [2.45, 2.75) is 37.1 Å². The lowest BCUT2D eigenvalue weighted by Gasteiger charge is -2.09. The fourth-order valence-electron chi connectivity index (χ4n) is 1.86. The molecule has 0 saturated heterocycles. The average Bonchev–Trinajstić information content (AvgIpc) is 3.06. The topological polar surface area (TPSA) is 55.1 Å². The van der Waals surface area contributed by atoms with Gasteiger partial charge in [0.1, 0.15) is 0 Å². The summed E-state index contributed by atoms with van der Waals surface area (Å²) >= 11 is 0. The van der Waals surface area contributed by atoms with Crippen LogP contribution in [0.1, 0.15) is 37.2 Å². The van der Waals surface area contributed by atoms with Gasteiger partial charge in [0.2, 0.25) is 0 Å². The van der Waals surface area contributed by atoms with Gasteiger partial charge in [-0.15, -0.1) is 0 Å². The highest BCUT2D eigenvalue weighted by Crippen LogP contribution is 2.45. The molecule has 2 aliphatic carbocycles. The molecule has 14 heavy (non-hydrogen) atoms. The fourth-order valence-corrected chi connectivity index (χ4v) is 1.86. The lowest BCUT2D eigenvalue weighted by Crippen LogP contribution is -2.27. The van der Waals surface area contributed by atoms with Gasteiger partial charge in [-0.25, -0.2) is 4.79 Å². The maximum absolute atomic E-state index is 11.0. The Kier molecular flexibility index (Phi) is 1.36. The van der Waals surface area contributed by atoms with Crippen molar-refractivity contribution < 1.29 is 9.90 Å². The number of carboxylic acid groups (broad SMARTS) is 1. The zero-order valence-electron chi connectivity index (χ0n) is 7.81. The molecule has 2 aliphatic rings. The van der Waals surface area contributed by atoms with E-state index in [1.165, 1.54) is 18.4 Å². The largest absolute Gasteiger partial charge is 0.479 e. The number of rotatable bonds is 3. The molecule has 74 valence electrons. The van der Waals surface area contributed by atoms with Gasteiger partial charge in [0.05, 0.1) is 6.20 Å². The van der Waals surface area contributed by atoms with Crippen molar-refractivity contribution in [3.63, 3.8) is 0 Å². The van der Waals surface area contributed by atoms with Crippen molar-refractivity contribution in [1.82, 2.24) is 9.78 Å². The van der Waals surface area contributed by atoms with Crippen molar-refractivity contribution in [2.24, 2.45) is 0 Å². The van der Waals surface area contributed by atoms with E-state index >= 15 is 0 Å².